The molecule has 1 aliphatic carbocycles. The first-order valence-electron chi connectivity index (χ1n) is 6.90. The number of nitrogens with one attached hydrogen (secondary N) is 3. The molecule has 0 unspecified atom stereocenters. The van der Waals surface area contributed by atoms with Crippen LogP contribution in [0.5, 0.6) is 0 Å². The topological polar surface area (TPSA) is 100 Å². The maximum absolute atomic E-state index is 11.9. The van der Waals surface area contributed by atoms with Gasteiger partial charge < -0.3 is 5.32 Å². The molecule has 1 saturated carbocycles. The van der Waals surface area contributed by atoms with Crippen LogP contribution in [0.4, 0.5) is 0 Å². The molecule has 112 valence electrons. The van der Waals surface area contributed by atoms with E-state index in [1.165, 1.54) is 0 Å². The highest BCUT2D eigenvalue weighted by Crippen LogP contribution is 2.18. The zero-order valence-electron chi connectivity index (χ0n) is 11.6. The van der Waals surface area contributed by atoms with Gasteiger partial charge in [-0.3, -0.25) is 25.2 Å². The second-order valence-electron chi connectivity index (χ2n) is 5.05. The van der Waals surface area contributed by atoms with Crippen LogP contribution in [0.15, 0.2) is 36.4 Å². The number of para-hydroxylation sites is 1. The van der Waals surface area contributed by atoms with E-state index in [9.17, 15) is 14.4 Å². The van der Waals surface area contributed by atoms with Crippen molar-refractivity contribution in [3.05, 3.63) is 42.1 Å². The van der Waals surface area contributed by atoms with Gasteiger partial charge in [-0.2, -0.15) is 0 Å². The van der Waals surface area contributed by atoms with Crippen molar-refractivity contribution < 1.29 is 14.4 Å². The Morgan fingerprint density at radius 1 is 0.955 bits per heavy atom. The molecule has 0 bridgehead atoms. The number of carbonyl (C=O) groups is 3. The fraction of sp³-hybridized carbons (Fsp3) is 0.200. The maximum atomic E-state index is 11.9. The summed E-state index contributed by atoms with van der Waals surface area (Å²) in [6.45, 7) is 0. The molecular weight excluding hydrogens is 284 g/mol. The molecule has 7 nitrogen and oxygen atoms in total. The SMILES string of the molecule is O=C(NNC(=O)c1ccc2ccccc2n1)C(=O)NC1CC1. The summed E-state index contributed by atoms with van der Waals surface area (Å²) in [6.07, 6.45) is 1.76. The number of hydrogen-bond donors (Lipinski definition) is 3. The number of amides is 3. The average molecular weight is 298 g/mol. The number of aromatic nitrogens is 1. The average Bonchev–Trinajstić information content (AvgIpc) is 3.35. The van der Waals surface area contributed by atoms with E-state index < -0.39 is 17.7 Å². The minimum absolute atomic E-state index is 0.0797. The number of carbonyl (C=O) groups excluding carboxylic acids is 3. The first kappa shape index (κ1) is 14.0. The number of pyridine rings is 1. The third-order valence-corrected chi connectivity index (χ3v) is 3.24. The van der Waals surface area contributed by atoms with Gasteiger partial charge in [0.05, 0.1) is 5.52 Å². The Kier molecular flexibility index (Phi) is 3.69. The Morgan fingerprint density at radius 3 is 2.50 bits per heavy atom. The van der Waals surface area contributed by atoms with Crippen LogP contribution >= 0.6 is 0 Å². The monoisotopic (exact) mass is 298 g/mol. The van der Waals surface area contributed by atoms with Crippen LogP contribution in [0.25, 0.3) is 10.9 Å². The van der Waals surface area contributed by atoms with E-state index in [1.807, 2.05) is 18.2 Å². The number of hydrogen-bond acceptors (Lipinski definition) is 4. The summed E-state index contributed by atoms with van der Waals surface area (Å²) < 4.78 is 0. The molecule has 0 atom stereocenters. The fourth-order valence-corrected chi connectivity index (χ4v) is 1.91. The van der Waals surface area contributed by atoms with E-state index in [-0.39, 0.29) is 11.7 Å². The standard InChI is InChI=1S/C15H14N4O3/c20-13(18-19-15(22)14(21)16-10-6-7-10)12-8-5-9-3-1-2-4-11(9)17-12/h1-5,8,10H,6-7H2,(H,16,21)(H,18,20)(H,19,22). The molecule has 1 heterocycles. The minimum Gasteiger partial charge on any atom is -0.345 e. The number of rotatable bonds is 2. The minimum atomic E-state index is -0.902. The van der Waals surface area contributed by atoms with E-state index in [0.717, 1.165) is 18.2 Å². The van der Waals surface area contributed by atoms with Crippen molar-refractivity contribution in [3.63, 3.8) is 0 Å². The van der Waals surface area contributed by atoms with Crippen molar-refractivity contribution in [2.24, 2.45) is 0 Å². The summed E-state index contributed by atoms with van der Waals surface area (Å²) in [5.41, 5.74) is 5.08. The van der Waals surface area contributed by atoms with Crippen LogP contribution in [-0.2, 0) is 9.59 Å². The van der Waals surface area contributed by atoms with Crippen molar-refractivity contribution in [2.75, 3.05) is 0 Å². The Hall–Kier alpha value is -2.96. The van der Waals surface area contributed by atoms with Gasteiger partial charge in [0.25, 0.3) is 5.91 Å². The second kappa shape index (κ2) is 5.80. The van der Waals surface area contributed by atoms with E-state index in [1.54, 1.807) is 18.2 Å². The normalized spacial score (nSPS) is 13.5. The van der Waals surface area contributed by atoms with Crippen LogP contribution in [0, 0.1) is 0 Å². The molecule has 22 heavy (non-hydrogen) atoms. The quantitative estimate of drug-likeness (QED) is 0.547. The highest BCUT2D eigenvalue weighted by Gasteiger charge is 2.26. The molecule has 3 N–H and O–H groups in total. The summed E-state index contributed by atoms with van der Waals surface area (Å²) >= 11 is 0. The van der Waals surface area contributed by atoms with Crippen LogP contribution in [0.1, 0.15) is 23.3 Å². The Labute approximate surface area is 126 Å². The molecule has 0 spiro atoms. The molecule has 1 aromatic carbocycles. The van der Waals surface area contributed by atoms with E-state index in [2.05, 4.69) is 21.2 Å². The number of fused-ring (bicyclic) bond motifs is 1. The number of nitrogens with zero attached hydrogens (tertiary/aromatic N) is 1. The molecule has 7 heteroatoms. The zero-order valence-corrected chi connectivity index (χ0v) is 11.6. The molecule has 0 saturated heterocycles. The van der Waals surface area contributed by atoms with Gasteiger partial charge in [-0.25, -0.2) is 4.98 Å². The molecule has 1 fully saturated rings. The van der Waals surface area contributed by atoms with Gasteiger partial charge in [-0.1, -0.05) is 24.3 Å². The Bertz CT molecular complexity index is 755. The summed E-state index contributed by atoms with van der Waals surface area (Å²) in [4.78, 5) is 39.0. The van der Waals surface area contributed by atoms with Gasteiger partial charge >= 0.3 is 11.8 Å². The second-order valence-corrected chi connectivity index (χ2v) is 5.05. The molecular formula is C15H14N4O3. The fourth-order valence-electron chi connectivity index (χ4n) is 1.91. The largest absolute Gasteiger partial charge is 0.345 e. The predicted molar refractivity (Wildman–Crippen MR) is 78.5 cm³/mol. The van der Waals surface area contributed by atoms with Crippen molar-refractivity contribution in [3.8, 4) is 0 Å². The number of hydrazine groups is 1. The van der Waals surface area contributed by atoms with Crippen LogP contribution in [-0.4, -0.2) is 28.7 Å². The summed E-state index contributed by atoms with van der Waals surface area (Å²) in [5, 5.41) is 3.43. The highest BCUT2D eigenvalue weighted by atomic mass is 16.2. The summed E-state index contributed by atoms with van der Waals surface area (Å²) in [6, 6.07) is 10.8. The van der Waals surface area contributed by atoms with Crippen molar-refractivity contribution in [1.29, 1.82) is 0 Å². The molecule has 3 amide bonds. The smallest absolute Gasteiger partial charge is 0.327 e. The van der Waals surface area contributed by atoms with E-state index >= 15 is 0 Å². The maximum Gasteiger partial charge on any atom is 0.327 e. The summed E-state index contributed by atoms with van der Waals surface area (Å²) in [7, 11) is 0. The summed E-state index contributed by atoms with van der Waals surface area (Å²) in [5.74, 6) is -2.24. The van der Waals surface area contributed by atoms with Gasteiger partial charge in [-0.05, 0) is 25.0 Å². The number of benzene rings is 1. The van der Waals surface area contributed by atoms with Gasteiger partial charge in [0.15, 0.2) is 0 Å². The molecule has 1 aromatic heterocycles. The third kappa shape index (κ3) is 3.20. The Balaban J connectivity index is 1.60. The first-order chi connectivity index (χ1) is 10.6. The molecule has 3 rings (SSSR count). The Morgan fingerprint density at radius 2 is 1.73 bits per heavy atom. The molecule has 1 aliphatic rings. The zero-order chi connectivity index (χ0) is 15.5. The van der Waals surface area contributed by atoms with Crippen LogP contribution < -0.4 is 16.2 Å². The lowest BCUT2D eigenvalue weighted by Gasteiger charge is -2.07. The van der Waals surface area contributed by atoms with E-state index in [4.69, 9.17) is 0 Å². The molecule has 0 aliphatic heterocycles. The molecule has 2 aromatic rings. The van der Waals surface area contributed by atoms with Gasteiger partial charge in [0, 0.05) is 11.4 Å². The van der Waals surface area contributed by atoms with Crippen molar-refractivity contribution in [2.45, 2.75) is 18.9 Å². The predicted octanol–water partition coefficient (Wildman–Crippen LogP) is 0.274. The van der Waals surface area contributed by atoms with E-state index in [0.29, 0.717) is 5.52 Å². The highest BCUT2D eigenvalue weighted by molar-refractivity contribution is 6.35. The molecule has 0 radical (unpaired) electrons. The lowest BCUT2D eigenvalue weighted by Crippen LogP contribution is -2.49. The van der Waals surface area contributed by atoms with Crippen molar-refractivity contribution in [1.82, 2.24) is 21.2 Å². The van der Waals surface area contributed by atoms with Crippen LogP contribution in [0.2, 0.25) is 0 Å². The van der Waals surface area contributed by atoms with Gasteiger partial charge in [-0.15, -0.1) is 0 Å². The lowest BCUT2D eigenvalue weighted by atomic mass is 10.2. The van der Waals surface area contributed by atoms with Crippen LogP contribution in [0.3, 0.4) is 0 Å². The lowest BCUT2D eigenvalue weighted by molar-refractivity contribution is -0.139. The van der Waals surface area contributed by atoms with Gasteiger partial charge in [0.1, 0.15) is 5.69 Å². The third-order valence-electron chi connectivity index (χ3n) is 3.24. The first-order valence-corrected chi connectivity index (χ1v) is 6.90. The van der Waals surface area contributed by atoms with Gasteiger partial charge in [0.2, 0.25) is 0 Å². The van der Waals surface area contributed by atoms with Crippen molar-refractivity contribution >= 4 is 28.6 Å².